The van der Waals surface area contributed by atoms with Crippen LogP contribution in [0.1, 0.15) is 25.7 Å². The molecule has 0 unspecified atom stereocenters. The van der Waals surface area contributed by atoms with Gasteiger partial charge < -0.3 is 0 Å². The third-order valence-electron chi connectivity index (χ3n) is 1.26. The highest BCUT2D eigenvalue weighted by Crippen LogP contribution is 2.05. The quantitative estimate of drug-likeness (QED) is 0.459. The Morgan fingerprint density at radius 3 is 3.00 bits per heavy atom. The third kappa shape index (κ3) is 2.46. The molecule has 0 radical (unpaired) electrons. The van der Waals surface area contributed by atoms with Gasteiger partial charge in [0.05, 0.1) is 6.61 Å². The summed E-state index contributed by atoms with van der Waals surface area (Å²) in [4.78, 5) is 19.4. The molecule has 9 heavy (non-hydrogen) atoms. The van der Waals surface area contributed by atoms with Gasteiger partial charge in [0.25, 0.3) is 0 Å². The van der Waals surface area contributed by atoms with Gasteiger partial charge in [0.2, 0.25) is 0 Å². The second-order valence-corrected chi connectivity index (χ2v) is 2.09. The summed E-state index contributed by atoms with van der Waals surface area (Å²) in [7, 11) is 0. The van der Waals surface area contributed by atoms with E-state index in [0.717, 1.165) is 19.3 Å². The Hall–Kier alpha value is -0.570. The van der Waals surface area contributed by atoms with Gasteiger partial charge in [-0.1, -0.05) is 6.42 Å². The van der Waals surface area contributed by atoms with Gasteiger partial charge in [-0.05, 0) is 12.8 Å². The van der Waals surface area contributed by atoms with E-state index in [1.165, 1.54) is 0 Å². The van der Waals surface area contributed by atoms with E-state index in [1.807, 2.05) is 0 Å². The zero-order valence-electron chi connectivity index (χ0n) is 5.26. The predicted octanol–water partition coefficient (Wildman–Crippen LogP) is 1.04. The molecule has 0 aromatic carbocycles. The van der Waals surface area contributed by atoms with E-state index in [9.17, 15) is 4.79 Å². The molecule has 1 fully saturated rings. The Labute approximate surface area is 53.9 Å². The van der Waals surface area contributed by atoms with Crippen LogP contribution in [-0.4, -0.2) is 12.6 Å². The van der Waals surface area contributed by atoms with Crippen molar-refractivity contribution in [2.75, 3.05) is 6.61 Å². The van der Waals surface area contributed by atoms with Crippen LogP contribution in [0.25, 0.3) is 0 Å². The van der Waals surface area contributed by atoms with Crippen molar-refractivity contribution in [2.24, 2.45) is 0 Å². The van der Waals surface area contributed by atoms with Gasteiger partial charge in [-0.3, -0.25) is 4.89 Å². The fourth-order valence-corrected chi connectivity index (χ4v) is 0.756. The van der Waals surface area contributed by atoms with Crippen molar-refractivity contribution in [3.05, 3.63) is 0 Å². The average Bonchev–Trinajstić information content (AvgIpc) is 1.79. The van der Waals surface area contributed by atoms with E-state index >= 15 is 0 Å². The first-order valence-electron chi connectivity index (χ1n) is 3.22. The minimum Gasteiger partial charge on any atom is -0.298 e. The van der Waals surface area contributed by atoms with E-state index in [1.54, 1.807) is 0 Å². The summed E-state index contributed by atoms with van der Waals surface area (Å²) in [5, 5.41) is 0. The lowest BCUT2D eigenvalue weighted by atomic mass is 10.2. The second-order valence-electron chi connectivity index (χ2n) is 2.09. The van der Waals surface area contributed by atoms with E-state index in [2.05, 4.69) is 9.78 Å². The summed E-state index contributed by atoms with van der Waals surface area (Å²) in [6.45, 7) is 0.547. The van der Waals surface area contributed by atoms with Gasteiger partial charge in [0.1, 0.15) is 0 Å². The molecule has 0 atom stereocenters. The highest BCUT2D eigenvalue weighted by atomic mass is 17.2. The predicted molar refractivity (Wildman–Crippen MR) is 30.5 cm³/mol. The maximum atomic E-state index is 10.5. The maximum absolute atomic E-state index is 10.5. The summed E-state index contributed by atoms with van der Waals surface area (Å²) < 4.78 is 0. The molecule has 1 rings (SSSR count). The van der Waals surface area contributed by atoms with Crippen molar-refractivity contribution in [2.45, 2.75) is 25.7 Å². The zero-order valence-corrected chi connectivity index (χ0v) is 5.26. The highest BCUT2D eigenvalue weighted by molar-refractivity contribution is 5.68. The fourth-order valence-electron chi connectivity index (χ4n) is 0.756. The molecule has 0 aromatic heterocycles. The Morgan fingerprint density at radius 1 is 1.22 bits per heavy atom. The van der Waals surface area contributed by atoms with Crippen molar-refractivity contribution < 1.29 is 14.6 Å². The third-order valence-corrected chi connectivity index (χ3v) is 1.26. The number of hydrogen-bond acceptors (Lipinski definition) is 3. The molecule has 0 spiro atoms. The second kappa shape index (κ2) is 3.45. The molecule has 1 aliphatic heterocycles. The van der Waals surface area contributed by atoms with Gasteiger partial charge in [0.15, 0.2) is 0 Å². The summed E-state index contributed by atoms with van der Waals surface area (Å²) in [6, 6.07) is 0. The van der Waals surface area contributed by atoms with Crippen LogP contribution in [0.3, 0.4) is 0 Å². The zero-order chi connectivity index (χ0) is 6.53. The van der Waals surface area contributed by atoms with Crippen LogP contribution >= 0.6 is 0 Å². The number of carbonyl (C=O) groups is 1. The molecule has 0 N–H and O–H groups in total. The summed E-state index contributed by atoms with van der Waals surface area (Å²) >= 11 is 0. The normalized spacial score (nSPS) is 22.0. The lowest BCUT2D eigenvalue weighted by Crippen LogP contribution is -2.09. The number of rotatable bonds is 0. The molecule has 1 heterocycles. The topological polar surface area (TPSA) is 35.5 Å². The molecule has 0 bridgehead atoms. The average molecular weight is 130 g/mol. The maximum Gasteiger partial charge on any atom is 0.342 e. The molecular weight excluding hydrogens is 120 g/mol. The number of hydrogen-bond donors (Lipinski definition) is 0. The minimum atomic E-state index is -0.241. The molecule has 0 amide bonds. The number of carbonyl (C=O) groups excluding carboxylic acids is 1. The van der Waals surface area contributed by atoms with E-state index in [4.69, 9.17) is 0 Å². The molecule has 0 aliphatic carbocycles. The van der Waals surface area contributed by atoms with Gasteiger partial charge in [0, 0.05) is 6.42 Å². The minimum absolute atomic E-state index is 0.241. The Morgan fingerprint density at radius 2 is 2.11 bits per heavy atom. The smallest absolute Gasteiger partial charge is 0.298 e. The van der Waals surface area contributed by atoms with Crippen LogP contribution in [0, 0.1) is 0 Å². The van der Waals surface area contributed by atoms with Crippen molar-refractivity contribution in [3.63, 3.8) is 0 Å². The monoisotopic (exact) mass is 130 g/mol. The van der Waals surface area contributed by atoms with Crippen LogP contribution in [0.15, 0.2) is 0 Å². The van der Waals surface area contributed by atoms with Gasteiger partial charge in [-0.15, -0.1) is 0 Å². The molecule has 3 heteroatoms. The van der Waals surface area contributed by atoms with E-state index < -0.39 is 0 Å². The summed E-state index contributed by atoms with van der Waals surface area (Å²) in [5.74, 6) is -0.241. The van der Waals surface area contributed by atoms with Gasteiger partial charge in [-0.2, -0.15) is 4.89 Å². The van der Waals surface area contributed by atoms with Crippen molar-refractivity contribution >= 4 is 5.97 Å². The molecule has 1 saturated heterocycles. The summed E-state index contributed by atoms with van der Waals surface area (Å²) in [5.41, 5.74) is 0. The van der Waals surface area contributed by atoms with Crippen LogP contribution in [-0.2, 0) is 14.6 Å². The Bertz CT molecular complexity index is 90.5. The fraction of sp³-hybridized carbons (Fsp3) is 0.833. The highest BCUT2D eigenvalue weighted by Gasteiger charge is 2.06. The molecule has 1 aliphatic rings. The van der Waals surface area contributed by atoms with Crippen LogP contribution in [0.5, 0.6) is 0 Å². The SMILES string of the molecule is O=C1CCCCCOO1. The lowest BCUT2D eigenvalue weighted by Gasteiger charge is -2.06. The van der Waals surface area contributed by atoms with Crippen molar-refractivity contribution in [1.29, 1.82) is 0 Å². The van der Waals surface area contributed by atoms with Crippen LogP contribution in [0.2, 0.25) is 0 Å². The van der Waals surface area contributed by atoms with Crippen LogP contribution in [0.4, 0.5) is 0 Å². The van der Waals surface area contributed by atoms with E-state index in [-0.39, 0.29) is 5.97 Å². The largest absolute Gasteiger partial charge is 0.342 e. The standard InChI is InChI=1S/C6H10O3/c7-6-4-2-1-3-5-8-9-6/h1-5H2. The molecule has 52 valence electrons. The molecule has 3 nitrogen and oxygen atoms in total. The first kappa shape index (κ1) is 6.55. The first-order valence-corrected chi connectivity index (χ1v) is 3.22. The van der Waals surface area contributed by atoms with Gasteiger partial charge in [-0.25, -0.2) is 4.79 Å². The Balaban J connectivity index is 2.20. The van der Waals surface area contributed by atoms with Gasteiger partial charge >= 0.3 is 5.97 Å². The lowest BCUT2D eigenvalue weighted by molar-refractivity contribution is -0.275. The van der Waals surface area contributed by atoms with E-state index in [0.29, 0.717) is 13.0 Å². The molecular formula is C6H10O3. The van der Waals surface area contributed by atoms with Crippen molar-refractivity contribution in [3.8, 4) is 0 Å². The van der Waals surface area contributed by atoms with Crippen LogP contribution < -0.4 is 0 Å². The molecule has 0 saturated carbocycles. The molecule has 0 aromatic rings. The van der Waals surface area contributed by atoms with Crippen molar-refractivity contribution in [1.82, 2.24) is 0 Å². The first-order chi connectivity index (χ1) is 4.39. The summed E-state index contributed by atoms with van der Waals surface area (Å²) in [6.07, 6.45) is 3.49. The Kier molecular flexibility index (Phi) is 2.51.